The van der Waals surface area contributed by atoms with Crippen molar-refractivity contribution in [3.63, 3.8) is 0 Å². The van der Waals surface area contributed by atoms with Crippen molar-refractivity contribution in [3.8, 4) is 17.2 Å². The van der Waals surface area contributed by atoms with Gasteiger partial charge in [0.05, 0.1) is 30.3 Å². The number of carbonyl (C=O) groups excluding carboxylic acids is 1. The molecule has 5 atom stereocenters. The van der Waals surface area contributed by atoms with Gasteiger partial charge in [0.2, 0.25) is 0 Å². The monoisotopic (exact) mass is 477 g/mol. The van der Waals surface area contributed by atoms with Gasteiger partial charge in [-0.3, -0.25) is 4.79 Å². The van der Waals surface area contributed by atoms with Gasteiger partial charge in [0.15, 0.2) is 0 Å². The van der Waals surface area contributed by atoms with Crippen LogP contribution in [0.15, 0.2) is 66.7 Å². The Morgan fingerprint density at radius 2 is 1.77 bits per heavy atom. The molecule has 3 rings (SSSR count). The highest BCUT2D eigenvalue weighted by Crippen LogP contribution is 2.38. The summed E-state index contributed by atoms with van der Waals surface area (Å²) in [6.07, 6.45) is 2.94. The number of benzene rings is 2. The van der Waals surface area contributed by atoms with Crippen molar-refractivity contribution >= 4 is 11.9 Å². The average molecular weight is 478 g/mol. The fourth-order valence-corrected chi connectivity index (χ4v) is 4.51. The number of nitrogens with zero attached hydrogens (tertiary/aromatic N) is 1. The number of carboxylic acids is 1. The Balaban J connectivity index is 1.69. The number of ether oxygens (including phenoxy) is 1. The molecule has 184 valence electrons. The number of esters is 1. The van der Waals surface area contributed by atoms with E-state index in [1.54, 1.807) is 24.3 Å². The van der Waals surface area contributed by atoms with Crippen molar-refractivity contribution in [2.75, 3.05) is 0 Å². The van der Waals surface area contributed by atoms with Crippen LogP contribution < -0.4 is 0 Å². The molecule has 1 fully saturated rings. The lowest BCUT2D eigenvalue weighted by Gasteiger charge is -2.22. The largest absolute Gasteiger partial charge is 0.481 e. The normalized spacial score (nSPS) is 22.5. The van der Waals surface area contributed by atoms with Crippen molar-refractivity contribution in [3.05, 3.63) is 72.3 Å². The maximum absolute atomic E-state index is 12.9. The van der Waals surface area contributed by atoms with Crippen molar-refractivity contribution in [1.29, 1.82) is 5.26 Å². The highest BCUT2D eigenvalue weighted by Gasteiger charge is 2.44. The van der Waals surface area contributed by atoms with Gasteiger partial charge in [0.1, 0.15) is 6.10 Å². The molecule has 0 spiro atoms. The van der Waals surface area contributed by atoms with E-state index in [2.05, 4.69) is 6.07 Å². The first-order valence-electron chi connectivity index (χ1n) is 11.9. The van der Waals surface area contributed by atoms with Crippen LogP contribution in [-0.2, 0) is 9.53 Å². The second-order valence-corrected chi connectivity index (χ2v) is 8.89. The molecule has 0 aromatic heterocycles. The van der Waals surface area contributed by atoms with E-state index in [9.17, 15) is 24.9 Å². The van der Waals surface area contributed by atoms with Crippen LogP contribution in [0, 0.1) is 23.2 Å². The summed E-state index contributed by atoms with van der Waals surface area (Å²) in [4.78, 5) is 24.2. The van der Waals surface area contributed by atoms with Crippen molar-refractivity contribution in [2.24, 2.45) is 11.8 Å². The third-order valence-corrected chi connectivity index (χ3v) is 6.38. The zero-order valence-electron chi connectivity index (χ0n) is 19.5. The van der Waals surface area contributed by atoms with Crippen LogP contribution in [0.2, 0.25) is 0 Å². The second-order valence-electron chi connectivity index (χ2n) is 8.89. The minimum absolute atomic E-state index is 0.124. The number of aliphatic carboxylic acids is 1. The molecule has 0 amide bonds. The summed E-state index contributed by atoms with van der Waals surface area (Å²) in [5, 5.41) is 38.7. The van der Waals surface area contributed by atoms with Crippen LogP contribution >= 0.6 is 0 Å². The summed E-state index contributed by atoms with van der Waals surface area (Å²) in [7, 11) is 0. The molecular formula is C28H31NO6. The maximum Gasteiger partial charge on any atom is 0.338 e. The molecule has 1 aliphatic carbocycles. The van der Waals surface area contributed by atoms with E-state index < -0.39 is 42.1 Å². The number of hydrogen-bond donors (Lipinski definition) is 3. The molecule has 0 heterocycles. The molecule has 0 bridgehead atoms. The molecule has 0 saturated heterocycles. The van der Waals surface area contributed by atoms with Crippen LogP contribution in [0.3, 0.4) is 0 Å². The SMILES string of the molecule is N#CCCCCC(O)C=CC1C(OC(=O)c2ccc(-c3ccccc3)cc2)CC(O)C1CC(=O)O. The Hall–Kier alpha value is -3.47. The van der Waals surface area contributed by atoms with Crippen LogP contribution in [0.1, 0.15) is 48.9 Å². The van der Waals surface area contributed by atoms with Gasteiger partial charge in [-0.2, -0.15) is 5.26 Å². The highest BCUT2D eigenvalue weighted by molar-refractivity contribution is 5.90. The molecular weight excluding hydrogens is 446 g/mol. The predicted octanol–water partition coefficient (Wildman–Crippen LogP) is 4.35. The molecule has 5 unspecified atom stereocenters. The zero-order valence-corrected chi connectivity index (χ0v) is 19.5. The molecule has 2 aromatic carbocycles. The lowest BCUT2D eigenvalue weighted by molar-refractivity contribution is -0.139. The third kappa shape index (κ3) is 7.51. The summed E-state index contributed by atoms with van der Waals surface area (Å²) in [6.45, 7) is 0. The average Bonchev–Trinajstić information content (AvgIpc) is 3.14. The van der Waals surface area contributed by atoms with E-state index in [4.69, 9.17) is 10.00 Å². The molecule has 0 aliphatic heterocycles. The van der Waals surface area contributed by atoms with Gasteiger partial charge in [-0.25, -0.2) is 4.79 Å². The molecule has 3 N–H and O–H groups in total. The Morgan fingerprint density at radius 1 is 1.09 bits per heavy atom. The van der Waals surface area contributed by atoms with E-state index in [0.29, 0.717) is 31.2 Å². The van der Waals surface area contributed by atoms with Crippen molar-refractivity contribution in [1.82, 2.24) is 0 Å². The summed E-state index contributed by atoms with van der Waals surface area (Å²) < 4.78 is 5.72. The number of carbonyl (C=O) groups is 2. The summed E-state index contributed by atoms with van der Waals surface area (Å²) >= 11 is 0. The molecule has 1 saturated carbocycles. The number of aliphatic hydroxyl groups is 2. The lowest BCUT2D eigenvalue weighted by atomic mass is 9.89. The van der Waals surface area contributed by atoms with E-state index in [1.165, 1.54) is 0 Å². The van der Waals surface area contributed by atoms with E-state index in [0.717, 1.165) is 11.1 Å². The molecule has 2 aromatic rings. The third-order valence-electron chi connectivity index (χ3n) is 6.38. The highest BCUT2D eigenvalue weighted by atomic mass is 16.5. The first-order chi connectivity index (χ1) is 16.9. The Bertz CT molecular complexity index is 1040. The number of aliphatic hydroxyl groups excluding tert-OH is 2. The molecule has 0 radical (unpaired) electrons. The molecule has 35 heavy (non-hydrogen) atoms. The van der Waals surface area contributed by atoms with Gasteiger partial charge in [0, 0.05) is 24.7 Å². The fraction of sp³-hybridized carbons (Fsp3) is 0.393. The number of unbranched alkanes of at least 4 members (excludes halogenated alkanes) is 2. The minimum Gasteiger partial charge on any atom is -0.481 e. The van der Waals surface area contributed by atoms with Crippen molar-refractivity contribution < 1.29 is 29.6 Å². The Labute approximate surface area is 205 Å². The van der Waals surface area contributed by atoms with E-state index in [-0.39, 0.29) is 12.8 Å². The van der Waals surface area contributed by atoms with E-state index in [1.807, 2.05) is 42.5 Å². The van der Waals surface area contributed by atoms with Crippen LogP contribution in [0.25, 0.3) is 11.1 Å². The second kappa shape index (κ2) is 12.8. The quantitative estimate of drug-likeness (QED) is 0.249. The minimum atomic E-state index is -1.05. The first kappa shape index (κ1) is 26.1. The zero-order chi connectivity index (χ0) is 25.2. The van der Waals surface area contributed by atoms with Crippen LogP contribution in [0.4, 0.5) is 0 Å². The smallest absolute Gasteiger partial charge is 0.338 e. The van der Waals surface area contributed by atoms with Gasteiger partial charge in [0.25, 0.3) is 0 Å². The van der Waals surface area contributed by atoms with Crippen molar-refractivity contribution in [2.45, 2.75) is 56.8 Å². The van der Waals surface area contributed by atoms with Crippen LogP contribution in [-0.4, -0.2) is 45.6 Å². The Kier molecular flexibility index (Phi) is 9.59. The molecule has 7 nitrogen and oxygen atoms in total. The summed E-state index contributed by atoms with van der Waals surface area (Å²) in [5.74, 6) is -2.77. The number of nitriles is 1. The van der Waals surface area contributed by atoms with Crippen LogP contribution in [0.5, 0.6) is 0 Å². The van der Waals surface area contributed by atoms with Gasteiger partial charge >= 0.3 is 11.9 Å². The number of hydrogen-bond acceptors (Lipinski definition) is 6. The van der Waals surface area contributed by atoms with Gasteiger partial charge in [-0.05, 0) is 42.5 Å². The van der Waals surface area contributed by atoms with Gasteiger partial charge in [-0.1, -0.05) is 54.6 Å². The fourth-order valence-electron chi connectivity index (χ4n) is 4.51. The molecule has 1 aliphatic rings. The topological polar surface area (TPSA) is 128 Å². The number of rotatable bonds is 11. The first-order valence-corrected chi connectivity index (χ1v) is 11.9. The standard InChI is InChI=1S/C28H31NO6/c29-16-6-2-5-9-22(30)14-15-23-24(17-27(32)33)25(31)18-26(23)35-28(34)21-12-10-20(11-13-21)19-7-3-1-4-8-19/h1,3-4,7-8,10-15,22-26,30-31H,2,5-6,9,17-18H2,(H,32,33). The van der Waals surface area contributed by atoms with Gasteiger partial charge in [-0.15, -0.1) is 0 Å². The maximum atomic E-state index is 12.9. The number of carboxylic acid groups (broad SMARTS) is 1. The predicted molar refractivity (Wildman–Crippen MR) is 130 cm³/mol. The Morgan fingerprint density at radius 3 is 2.43 bits per heavy atom. The lowest BCUT2D eigenvalue weighted by Crippen LogP contribution is -2.26. The summed E-state index contributed by atoms with van der Waals surface area (Å²) in [6, 6.07) is 18.9. The van der Waals surface area contributed by atoms with E-state index >= 15 is 0 Å². The summed E-state index contributed by atoms with van der Waals surface area (Å²) in [5.41, 5.74) is 2.35. The van der Waals surface area contributed by atoms with Gasteiger partial charge < -0.3 is 20.1 Å². The molecule has 7 heteroatoms.